The van der Waals surface area contributed by atoms with Crippen LogP contribution in [0.2, 0.25) is 0 Å². The second kappa shape index (κ2) is 8.09. The van der Waals surface area contributed by atoms with Crippen molar-refractivity contribution in [3.8, 4) is 0 Å². The minimum absolute atomic E-state index is 0.105. The fraction of sp³-hybridized carbons (Fsp3) is 0.100. The fourth-order valence-corrected chi connectivity index (χ4v) is 2.59. The van der Waals surface area contributed by atoms with Crippen molar-refractivity contribution in [2.75, 3.05) is 17.3 Å². The molecule has 0 bridgehead atoms. The number of hydrogen-bond acceptors (Lipinski definition) is 5. The molecule has 0 saturated carbocycles. The number of rotatable bonds is 6. The van der Waals surface area contributed by atoms with Crippen LogP contribution >= 0.6 is 0 Å². The molecule has 2 heterocycles. The van der Waals surface area contributed by atoms with E-state index in [9.17, 15) is 9.59 Å². The monoisotopic (exact) mass is 361 g/mol. The summed E-state index contributed by atoms with van der Waals surface area (Å²) in [5.41, 5.74) is 8.68. The number of nitrogens with zero attached hydrogens (tertiary/aromatic N) is 3. The van der Waals surface area contributed by atoms with Gasteiger partial charge in [-0.3, -0.25) is 19.6 Å². The average molecular weight is 361 g/mol. The number of aromatic nitrogens is 2. The highest BCUT2D eigenvalue weighted by Gasteiger charge is 2.13. The van der Waals surface area contributed by atoms with Crippen LogP contribution in [0.1, 0.15) is 26.3 Å². The largest absolute Gasteiger partial charge is 0.380 e. The normalized spacial score (nSPS) is 10.3. The Kier molecular flexibility index (Phi) is 5.41. The summed E-state index contributed by atoms with van der Waals surface area (Å²) in [4.78, 5) is 33.3. The van der Waals surface area contributed by atoms with Gasteiger partial charge in [0.15, 0.2) is 0 Å². The molecule has 0 aliphatic carbocycles. The summed E-state index contributed by atoms with van der Waals surface area (Å²) in [5, 5.41) is 3.18. The number of nitrogens with one attached hydrogen (secondary N) is 1. The molecular weight excluding hydrogens is 342 g/mol. The molecule has 0 aliphatic rings. The molecule has 1 aromatic carbocycles. The van der Waals surface area contributed by atoms with E-state index in [4.69, 9.17) is 5.73 Å². The van der Waals surface area contributed by atoms with E-state index in [1.807, 2.05) is 24.3 Å². The maximum Gasteiger partial charge on any atom is 0.258 e. The van der Waals surface area contributed by atoms with Crippen molar-refractivity contribution in [2.45, 2.75) is 6.54 Å². The SMILES string of the molecule is CN(C(=O)c1ccncc1)c1ccc(CNc2ccncc2C(N)=O)cc1. The van der Waals surface area contributed by atoms with Crippen molar-refractivity contribution < 1.29 is 9.59 Å². The summed E-state index contributed by atoms with van der Waals surface area (Å²) in [6.07, 6.45) is 6.22. The van der Waals surface area contributed by atoms with Gasteiger partial charge in [-0.1, -0.05) is 12.1 Å². The smallest absolute Gasteiger partial charge is 0.258 e. The van der Waals surface area contributed by atoms with E-state index in [1.54, 1.807) is 48.7 Å². The summed E-state index contributed by atoms with van der Waals surface area (Å²) >= 11 is 0. The van der Waals surface area contributed by atoms with Gasteiger partial charge in [-0.25, -0.2) is 0 Å². The van der Waals surface area contributed by atoms with Crippen molar-refractivity contribution in [3.63, 3.8) is 0 Å². The molecule has 0 atom stereocenters. The van der Waals surface area contributed by atoms with E-state index in [0.29, 0.717) is 23.4 Å². The molecule has 27 heavy (non-hydrogen) atoms. The van der Waals surface area contributed by atoms with Gasteiger partial charge in [-0.05, 0) is 35.9 Å². The minimum atomic E-state index is -0.530. The highest BCUT2D eigenvalue weighted by atomic mass is 16.2. The lowest BCUT2D eigenvalue weighted by Gasteiger charge is -2.18. The second-order valence-electron chi connectivity index (χ2n) is 5.91. The molecule has 7 heteroatoms. The molecule has 7 nitrogen and oxygen atoms in total. The zero-order chi connectivity index (χ0) is 19.2. The highest BCUT2D eigenvalue weighted by molar-refractivity contribution is 6.05. The second-order valence-corrected chi connectivity index (χ2v) is 5.91. The Hall–Kier alpha value is -3.74. The number of primary amides is 1. The van der Waals surface area contributed by atoms with Gasteiger partial charge in [0.25, 0.3) is 11.8 Å². The highest BCUT2D eigenvalue weighted by Crippen LogP contribution is 2.18. The number of pyridine rings is 2. The molecule has 2 aromatic heterocycles. The molecule has 0 radical (unpaired) electrons. The van der Waals surface area contributed by atoms with Gasteiger partial charge in [-0.15, -0.1) is 0 Å². The van der Waals surface area contributed by atoms with Gasteiger partial charge in [0.2, 0.25) is 0 Å². The summed E-state index contributed by atoms with van der Waals surface area (Å²) in [7, 11) is 1.73. The van der Waals surface area contributed by atoms with E-state index in [2.05, 4.69) is 15.3 Å². The van der Waals surface area contributed by atoms with Crippen LogP contribution < -0.4 is 16.0 Å². The van der Waals surface area contributed by atoms with Gasteiger partial charge in [0, 0.05) is 49.6 Å². The fourth-order valence-electron chi connectivity index (χ4n) is 2.59. The van der Waals surface area contributed by atoms with Crippen LogP contribution in [0.25, 0.3) is 0 Å². The van der Waals surface area contributed by atoms with Crippen LogP contribution in [-0.4, -0.2) is 28.8 Å². The Balaban J connectivity index is 1.67. The molecule has 0 fully saturated rings. The first kappa shape index (κ1) is 18.1. The summed E-state index contributed by atoms with van der Waals surface area (Å²) in [6.45, 7) is 0.507. The Labute approximate surface area is 156 Å². The topological polar surface area (TPSA) is 101 Å². The van der Waals surface area contributed by atoms with E-state index in [0.717, 1.165) is 11.3 Å². The number of benzene rings is 1. The van der Waals surface area contributed by atoms with Crippen molar-refractivity contribution in [1.82, 2.24) is 9.97 Å². The lowest BCUT2D eigenvalue weighted by Crippen LogP contribution is -2.26. The van der Waals surface area contributed by atoms with Crippen molar-refractivity contribution in [2.24, 2.45) is 5.73 Å². The number of anilines is 2. The summed E-state index contributed by atoms with van der Waals surface area (Å²) in [6, 6.07) is 12.7. The minimum Gasteiger partial charge on any atom is -0.380 e. The van der Waals surface area contributed by atoms with Crippen molar-refractivity contribution in [3.05, 3.63) is 83.9 Å². The van der Waals surface area contributed by atoms with Gasteiger partial charge in [0.05, 0.1) is 11.3 Å². The van der Waals surface area contributed by atoms with Crippen LogP contribution in [0, 0.1) is 0 Å². The van der Waals surface area contributed by atoms with Gasteiger partial charge in [-0.2, -0.15) is 0 Å². The van der Waals surface area contributed by atoms with Crippen LogP contribution in [0.3, 0.4) is 0 Å². The average Bonchev–Trinajstić information content (AvgIpc) is 2.72. The Morgan fingerprint density at radius 3 is 2.33 bits per heavy atom. The predicted octanol–water partition coefficient (Wildman–Crippen LogP) is 2.46. The third-order valence-electron chi connectivity index (χ3n) is 4.13. The van der Waals surface area contributed by atoms with E-state index < -0.39 is 5.91 Å². The maximum absolute atomic E-state index is 12.5. The van der Waals surface area contributed by atoms with Crippen LogP contribution in [-0.2, 0) is 6.54 Å². The van der Waals surface area contributed by atoms with E-state index >= 15 is 0 Å². The Morgan fingerprint density at radius 2 is 1.67 bits per heavy atom. The zero-order valence-electron chi connectivity index (χ0n) is 14.8. The Morgan fingerprint density at radius 1 is 1.00 bits per heavy atom. The lowest BCUT2D eigenvalue weighted by molar-refractivity contribution is 0.0988. The number of nitrogens with two attached hydrogens (primary N) is 1. The quantitative estimate of drug-likeness (QED) is 0.702. The Bertz CT molecular complexity index is 942. The van der Waals surface area contributed by atoms with E-state index in [-0.39, 0.29) is 5.91 Å². The molecule has 0 aliphatic heterocycles. The summed E-state index contributed by atoms with van der Waals surface area (Å²) < 4.78 is 0. The first-order chi connectivity index (χ1) is 13.1. The number of carbonyl (C=O) groups excluding carboxylic acids is 2. The first-order valence-corrected chi connectivity index (χ1v) is 8.31. The van der Waals surface area contributed by atoms with Crippen LogP contribution in [0.5, 0.6) is 0 Å². The van der Waals surface area contributed by atoms with Crippen molar-refractivity contribution >= 4 is 23.2 Å². The van der Waals surface area contributed by atoms with Crippen molar-refractivity contribution in [1.29, 1.82) is 0 Å². The molecule has 3 rings (SSSR count). The number of hydrogen-bond donors (Lipinski definition) is 2. The van der Waals surface area contributed by atoms with Gasteiger partial charge < -0.3 is 16.0 Å². The lowest BCUT2D eigenvalue weighted by atomic mass is 10.1. The molecule has 3 aromatic rings. The molecular formula is C20H19N5O2. The molecule has 0 unspecified atom stereocenters. The summed E-state index contributed by atoms with van der Waals surface area (Å²) in [5.74, 6) is -0.636. The number of amides is 2. The van der Waals surface area contributed by atoms with Gasteiger partial charge >= 0.3 is 0 Å². The third-order valence-corrected chi connectivity index (χ3v) is 4.13. The third kappa shape index (κ3) is 4.27. The van der Waals surface area contributed by atoms with E-state index in [1.165, 1.54) is 6.20 Å². The number of carbonyl (C=O) groups is 2. The molecule has 136 valence electrons. The standard InChI is InChI=1S/C20H19N5O2/c1-25(20(27)15-6-9-22-10-7-15)16-4-2-14(3-5-16)12-24-18-8-11-23-13-17(18)19(21)26/h2-11,13H,12H2,1H3,(H2,21,26)(H,23,24). The first-order valence-electron chi connectivity index (χ1n) is 8.31. The predicted molar refractivity (Wildman–Crippen MR) is 103 cm³/mol. The molecule has 0 spiro atoms. The maximum atomic E-state index is 12.5. The van der Waals surface area contributed by atoms with Crippen LogP contribution in [0.4, 0.5) is 11.4 Å². The molecule has 3 N–H and O–H groups in total. The molecule has 0 saturated heterocycles. The zero-order valence-corrected chi connectivity index (χ0v) is 14.8. The van der Waals surface area contributed by atoms with Crippen LogP contribution in [0.15, 0.2) is 67.3 Å². The van der Waals surface area contributed by atoms with Gasteiger partial charge in [0.1, 0.15) is 0 Å². The molecule has 2 amide bonds.